The van der Waals surface area contributed by atoms with Crippen LogP contribution in [0.25, 0.3) is 0 Å². The van der Waals surface area contributed by atoms with Gasteiger partial charge >= 0.3 is 0 Å². The molecule has 0 saturated carbocycles. The summed E-state index contributed by atoms with van der Waals surface area (Å²) < 4.78 is 11.3. The zero-order chi connectivity index (χ0) is 16.7. The molecule has 1 aliphatic rings. The van der Waals surface area contributed by atoms with Gasteiger partial charge in [-0.2, -0.15) is 0 Å². The first-order chi connectivity index (χ1) is 11.0. The maximum atomic E-state index is 10.2. The average molecular weight is 343 g/mol. The van der Waals surface area contributed by atoms with Gasteiger partial charge in [-0.25, -0.2) is 0 Å². The fourth-order valence-corrected chi connectivity index (χ4v) is 2.93. The van der Waals surface area contributed by atoms with Gasteiger partial charge in [0.2, 0.25) is 0 Å². The highest BCUT2D eigenvalue weighted by Gasteiger charge is 2.22. The quantitative estimate of drug-likeness (QED) is 0.775. The monoisotopic (exact) mass is 342 g/mol. The number of halogens is 1. The molecule has 1 fully saturated rings. The summed E-state index contributed by atoms with van der Waals surface area (Å²) in [6, 6.07) is 7.60. The van der Waals surface area contributed by atoms with Crippen molar-refractivity contribution in [2.45, 2.75) is 18.8 Å². The van der Waals surface area contributed by atoms with Crippen molar-refractivity contribution in [3.05, 3.63) is 34.9 Å². The number of morpholine rings is 1. The molecule has 1 aromatic carbocycles. The maximum Gasteiger partial charge on any atom is 0.0900 e. The van der Waals surface area contributed by atoms with Crippen molar-refractivity contribution < 1.29 is 14.6 Å². The molecule has 1 heterocycles. The fourth-order valence-electron chi connectivity index (χ4n) is 2.74. The van der Waals surface area contributed by atoms with Gasteiger partial charge in [-0.1, -0.05) is 29.8 Å². The van der Waals surface area contributed by atoms with Crippen LogP contribution in [0.3, 0.4) is 0 Å². The first kappa shape index (κ1) is 18.6. The van der Waals surface area contributed by atoms with Crippen LogP contribution in [-0.2, 0) is 16.1 Å². The van der Waals surface area contributed by atoms with Gasteiger partial charge in [0.15, 0.2) is 0 Å². The molecule has 0 bridgehead atoms. The van der Waals surface area contributed by atoms with E-state index >= 15 is 0 Å². The number of ether oxygens (including phenoxy) is 2. The summed E-state index contributed by atoms with van der Waals surface area (Å²) in [5.74, 6) is 0. The van der Waals surface area contributed by atoms with E-state index in [0.29, 0.717) is 31.4 Å². The normalized spacial score (nSPS) is 20.8. The Labute approximate surface area is 143 Å². The number of β-amino-alcohol motifs (C(OH)–C–C–N with tert-alkyl or cyclic N) is 1. The molecule has 1 aliphatic heterocycles. The summed E-state index contributed by atoms with van der Waals surface area (Å²) in [5.41, 5.74) is 0.943. The van der Waals surface area contributed by atoms with Gasteiger partial charge in [-0.05, 0) is 25.7 Å². The van der Waals surface area contributed by atoms with Crippen LogP contribution < -0.4 is 0 Å². The Balaban J connectivity index is 1.68. The van der Waals surface area contributed by atoms with Gasteiger partial charge in [-0.3, -0.25) is 4.90 Å². The number of hydrogen-bond acceptors (Lipinski definition) is 5. The van der Waals surface area contributed by atoms with Crippen LogP contribution in [0.1, 0.15) is 5.56 Å². The van der Waals surface area contributed by atoms with Crippen LogP contribution in [0.2, 0.25) is 5.02 Å². The van der Waals surface area contributed by atoms with Crippen LogP contribution in [0, 0.1) is 0 Å². The van der Waals surface area contributed by atoms with Crippen molar-refractivity contribution in [1.29, 1.82) is 0 Å². The molecule has 1 saturated heterocycles. The molecule has 130 valence electrons. The third-order valence-electron chi connectivity index (χ3n) is 3.79. The molecule has 0 aliphatic carbocycles. The summed E-state index contributed by atoms with van der Waals surface area (Å²) in [5, 5.41) is 10.9. The SMILES string of the molecule is CN(C)C[C@@H]1CN(C[C@@H](O)COCc2ccccc2Cl)CCO1. The molecule has 0 radical (unpaired) electrons. The number of aliphatic hydroxyl groups excluding tert-OH is 1. The lowest BCUT2D eigenvalue weighted by Gasteiger charge is -2.35. The first-order valence-corrected chi connectivity index (χ1v) is 8.40. The number of hydrogen-bond donors (Lipinski definition) is 1. The highest BCUT2D eigenvalue weighted by Crippen LogP contribution is 2.15. The van der Waals surface area contributed by atoms with Gasteiger partial charge in [0.25, 0.3) is 0 Å². The molecule has 0 unspecified atom stereocenters. The van der Waals surface area contributed by atoms with Crippen LogP contribution >= 0.6 is 11.6 Å². The largest absolute Gasteiger partial charge is 0.389 e. The van der Waals surface area contributed by atoms with Crippen molar-refractivity contribution in [1.82, 2.24) is 9.80 Å². The number of aliphatic hydroxyl groups is 1. The van der Waals surface area contributed by atoms with Crippen LogP contribution in [0.15, 0.2) is 24.3 Å². The number of nitrogens with zero attached hydrogens (tertiary/aromatic N) is 2. The minimum Gasteiger partial charge on any atom is -0.389 e. The van der Waals surface area contributed by atoms with E-state index in [0.717, 1.165) is 25.2 Å². The molecule has 1 N–H and O–H groups in total. The Bertz CT molecular complexity index is 473. The molecule has 0 aromatic heterocycles. The second-order valence-electron chi connectivity index (χ2n) is 6.27. The van der Waals surface area contributed by atoms with E-state index < -0.39 is 6.10 Å². The molecule has 1 aromatic rings. The van der Waals surface area contributed by atoms with Crippen molar-refractivity contribution >= 4 is 11.6 Å². The Kier molecular flexibility index (Phi) is 7.76. The Hall–Kier alpha value is -0.690. The van der Waals surface area contributed by atoms with Crippen molar-refractivity contribution in [2.75, 3.05) is 53.5 Å². The highest BCUT2D eigenvalue weighted by atomic mass is 35.5. The van der Waals surface area contributed by atoms with E-state index in [4.69, 9.17) is 21.1 Å². The maximum absolute atomic E-state index is 10.2. The van der Waals surface area contributed by atoms with Gasteiger partial charge in [0.1, 0.15) is 0 Å². The van der Waals surface area contributed by atoms with Crippen LogP contribution in [0.4, 0.5) is 0 Å². The lowest BCUT2D eigenvalue weighted by atomic mass is 10.2. The second kappa shape index (κ2) is 9.57. The van der Waals surface area contributed by atoms with E-state index in [1.807, 2.05) is 38.4 Å². The second-order valence-corrected chi connectivity index (χ2v) is 6.68. The minimum absolute atomic E-state index is 0.204. The Morgan fingerprint density at radius 3 is 2.96 bits per heavy atom. The van der Waals surface area contributed by atoms with Crippen molar-refractivity contribution in [2.24, 2.45) is 0 Å². The van der Waals surface area contributed by atoms with Gasteiger partial charge < -0.3 is 19.5 Å². The predicted octanol–water partition coefficient (Wildman–Crippen LogP) is 1.48. The Morgan fingerprint density at radius 1 is 1.43 bits per heavy atom. The van der Waals surface area contributed by atoms with E-state index in [1.54, 1.807) is 0 Å². The number of rotatable bonds is 8. The van der Waals surface area contributed by atoms with Crippen molar-refractivity contribution in [3.8, 4) is 0 Å². The summed E-state index contributed by atoms with van der Waals surface area (Å²) in [7, 11) is 4.08. The van der Waals surface area contributed by atoms with Crippen molar-refractivity contribution in [3.63, 3.8) is 0 Å². The summed E-state index contributed by atoms with van der Waals surface area (Å²) in [6.45, 7) is 4.65. The average Bonchev–Trinajstić information content (AvgIpc) is 2.49. The lowest BCUT2D eigenvalue weighted by Crippen LogP contribution is -2.49. The number of benzene rings is 1. The fraction of sp³-hybridized carbons (Fsp3) is 0.647. The summed E-state index contributed by atoms with van der Waals surface area (Å²) in [4.78, 5) is 4.36. The molecule has 5 nitrogen and oxygen atoms in total. The molecule has 0 amide bonds. The third-order valence-corrected chi connectivity index (χ3v) is 4.16. The molecule has 0 spiro atoms. The predicted molar refractivity (Wildman–Crippen MR) is 91.8 cm³/mol. The molecule has 6 heteroatoms. The highest BCUT2D eigenvalue weighted by molar-refractivity contribution is 6.31. The lowest BCUT2D eigenvalue weighted by molar-refractivity contribution is -0.0584. The van der Waals surface area contributed by atoms with Crippen LogP contribution in [0.5, 0.6) is 0 Å². The van der Waals surface area contributed by atoms with E-state index in [1.165, 1.54) is 0 Å². The summed E-state index contributed by atoms with van der Waals surface area (Å²) >= 11 is 6.08. The van der Waals surface area contributed by atoms with E-state index in [-0.39, 0.29) is 6.10 Å². The molecule has 2 atom stereocenters. The molecule has 2 rings (SSSR count). The first-order valence-electron chi connectivity index (χ1n) is 8.02. The number of likely N-dealkylation sites (N-methyl/N-ethyl adjacent to an activating group) is 1. The standard InChI is InChI=1S/C17H27ClN2O3/c1-19(2)10-16-11-20(7-8-23-16)9-15(21)13-22-12-14-5-3-4-6-17(14)18/h3-6,15-16,21H,7-13H2,1-2H3/t15-,16-/m1/s1. The molecular weight excluding hydrogens is 316 g/mol. The van der Waals surface area contributed by atoms with Gasteiger partial charge in [-0.15, -0.1) is 0 Å². The zero-order valence-electron chi connectivity index (χ0n) is 13.9. The molecular formula is C17H27ClN2O3. The minimum atomic E-state index is -0.504. The van der Waals surface area contributed by atoms with Gasteiger partial charge in [0, 0.05) is 31.2 Å². The topological polar surface area (TPSA) is 45.2 Å². The third kappa shape index (κ3) is 6.75. The Morgan fingerprint density at radius 2 is 2.22 bits per heavy atom. The van der Waals surface area contributed by atoms with E-state index in [9.17, 15) is 5.11 Å². The summed E-state index contributed by atoms with van der Waals surface area (Å²) in [6.07, 6.45) is -0.300. The molecule has 23 heavy (non-hydrogen) atoms. The zero-order valence-corrected chi connectivity index (χ0v) is 14.7. The van der Waals surface area contributed by atoms with Crippen LogP contribution in [-0.4, -0.2) is 80.6 Å². The van der Waals surface area contributed by atoms with Gasteiger partial charge in [0.05, 0.1) is 32.0 Å². The smallest absolute Gasteiger partial charge is 0.0900 e. The van der Waals surface area contributed by atoms with E-state index in [2.05, 4.69) is 9.80 Å².